The molecular formula is C10H18ClN3O2S. The Labute approximate surface area is 107 Å². The number of imidazole rings is 1. The summed E-state index contributed by atoms with van der Waals surface area (Å²) in [5, 5.41) is 0.0642. The summed E-state index contributed by atoms with van der Waals surface area (Å²) in [6, 6.07) is 0. The maximum Gasteiger partial charge on any atom is 0.263 e. The highest BCUT2D eigenvalue weighted by Gasteiger charge is 2.26. The van der Waals surface area contributed by atoms with E-state index in [2.05, 4.69) is 4.98 Å². The van der Waals surface area contributed by atoms with Crippen LogP contribution in [0, 0.1) is 5.92 Å². The van der Waals surface area contributed by atoms with Crippen molar-refractivity contribution in [3.63, 3.8) is 0 Å². The van der Waals surface area contributed by atoms with E-state index in [0.29, 0.717) is 12.5 Å². The molecule has 0 fully saturated rings. The standard InChI is InChI=1S/C10H18ClN3O2S/c1-8(2)5-6-14(4)17(15,16)10-9(11)13(3)7-12-10/h7-8H,5-6H2,1-4H3. The average molecular weight is 280 g/mol. The summed E-state index contributed by atoms with van der Waals surface area (Å²) < 4.78 is 27.1. The molecule has 0 bridgehead atoms. The van der Waals surface area contributed by atoms with Gasteiger partial charge in [-0.05, 0) is 12.3 Å². The zero-order valence-corrected chi connectivity index (χ0v) is 12.1. The van der Waals surface area contributed by atoms with Gasteiger partial charge in [0.1, 0.15) is 5.15 Å². The van der Waals surface area contributed by atoms with Gasteiger partial charge in [0.15, 0.2) is 0 Å². The number of aromatic nitrogens is 2. The van der Waals surface area contributed by atoms with E-state index in [1.54, 1.807) is 14.1 Å². The number of nitrogens with zero attached hydrogens (tertiary/aromatic N) is 3. The van der Waals surface area contributed by atoms with E-state index in [-0.39, 0.29) is 10.2 Å². The van der Waals surface area contributed by atoms with Crippen LogP contribution in [-0.2, 0) is 17.1 Å². The van der Waals surface area contributed by atoms with Crippen molar-refractivity contribution >= 4 is 21.6 Å². The monoisotopic (exact) mass is 279 g/mol. The molecule has 0 amide bonds. The molecule has 7 heteroatoms. The Morgan fingerprint density at radius 2 is 2.12 bits per heavy atom. The van der Waals surface area contributed by atoms with E-state index in [1.165, 1.54) is 15.2 Å². The molecule has 1 aromatic heterocycles. The van der Waals surface area contributed by atoms with E-state index in [9.17, 15) is 8.42 Å². The first-order valence-corrected chi connectivity index (χ1v) is 7.21. The second kappa shape index (κ2) is 5.37. The maximum absolute atomic E-state index is 12.1. The van der Waals surface area contributed by atoms with Crippen molar-refractivity contribution in [1.29, 1.82) is 0 Å². The number of rotatable bonds is 5. The Balaban J connectivity index is 2.92. The molecule has 0 aliphatic carbocycles. The first kappa shape index (κ1) is 14.5. The van der Waals surface area contributed by atoms with E-state index >= 15 is 0 Å². The zero-order valence-electron chi connectivity index (χ0n) is 10.5. The Morgan fingerprint density at radius 1 is 1.53 bits per heavy atom. The van der Waals surface area contributed by atoms with Crippen molar-refractivity contribution in [3.8, 4) is 0 Å². The summed E-state index contributed by atoms with van der Waals surface area (Å²) in [6.45, 7) is 4.56. The Hall–Kier alpha value is -0.590. The van der Waals surface area contributed by atoms with Gasteiger partial charge in [0, 0.05) is 20.6 Å². The van der Waals surface area contributed by atoms with Gasteiger partial charge in [-0.3, -0.25) is 0 Å². The quantitative estimate of drug-likeness (QED) is 0.825. The summed E-state index contributed by atoms with van der Waals surface area (Å²) >= 11 is 5.89. The third-order valence-corrected chi connectivity index (χ3v) is 4.86. The number of hydrogen-bond acceptors (Lipinski definition) is 3. The van der Waals surface area contributed by atoms with Gasteiger partial charge in [0.25, 0.3) is 10.0 Å². The molecule has 0 aliphatic rings. The third kappa shape index (κ3) is 3.20. The normalized spacial score (nSPS) is 12.6. The fourth-order valence-corrected chi connectivity index (χ4v) is 2.84. The molecule has 98 valence electrons. The summed E-state index contributed by atoms with van der Waals surface area (Å²) in [6.07, 6.45) is 2.20. The van der Waals surface area contributed by atoms with Crippen LogP contribution in [-0.4, -0.2) is 35.9 Å². The minimum absolute atomic E-state index is 0.0760. The summed E-state index contributed by atoms with van der Waals surface area (Å²) in [5.41, 5.74) is 0. The van der Waals surface area contributed by atoms with Crippen LogP contribution in [0.15, 0.2) is 11.4 Å². The zero-order chi connectivity index (χ0) is 13.2. The molecule has 0 aliphatic heterocycles. The van der Waals surface area contributed by atoms with Gasteiger partial charge in [-0.2, -0.15) is 4.31 Å². The lowest BCUT2D eigenvalue weighted by molar-refractivity contribution is 0.426. The molecule has 5 nitrogen and oxygen atoms in total. The largest absolute Gasteiger partial charge is 0.324 e. The topological polar surface area (TPSA) is 55.2 Å². The van der Waals surface area contributed by atoms with Crippen molar-refractivity contribution in [2.24, 2.45) is 13.0 Å². The Morgan fingerprint density at radius 3 is 2.53 bits per heavy atom. The molecule has 0 saturated heterocycles. The van der Waals surface area contributed by atoms with Crippen LogP contribution < -0.4 is 0 Å². The minimum Gasteiger partial charge on any atom is -0.324 e. The molecule has 0 unspecified atom stereocenters. The first-order valence-electron chi connectivity index (χ1n) is 5.40. The van der Waals surface area contributed by atoms with Crippen LogP contribution in [0.1, 0.15) is 20.3 Å². The minimum atomic E-state index is -3.58. The molecule has 1 aromatic rings. The van der Waals surface area contributed by atoms with Crippen molar-refractivity contribution in [2.75, 3.05) is 13.6 Å². The van der Waals surface area contributed by atoms with Crippen molar-refractivity contribution < 1.29 is 8.42 Å². The molecule has 0 aromatic carbocycles. The lowest BCUT2D eigenvalue weighted by atomic mass is 10.1. The summed E-state index contributed by atoms with van der Waals surface area (Å²) in [4.78, 5) is 3.84. The number of aryl methyl sites for hydroxylation is 1. The van der Waals surface area contributed by atoms with Gasteiger partial charge >= 0.3 is 0 Å². The SMILES string of the molecule is CC(C)CCN(C)S(=O)(=O)c1ncn(C)c1Cl. The van der Waals surface area contributed by atoms with Crippen molar-refractivity contribution in [2.45, 2.75) is 25.3 Å². The highest BCUT2D eigenvalue weighted by Crippen LogP contribution is 2.22. The maximum atomic E-state index is 12.1. The Bertz CT molecular complexity index is 482. The van der Waals surface area contributed by atoms with Crippen LogP contribution in [0.3, 0.4) is 0 Å². The van der Waals surface area contributed by atoms with Gasteiger partial charge in [-0.15, -0.1) is 0 Å². The van der Waals surface area contributed by atoms with Crippen LogP contribution in [0.2, 0.25) is 5.15 Å². The van der Waals surface area contributed by atoms with E-state index in [1.807, 2.05) is 13.8 Å². The van der Waals surface area contributed by atoms with Crippen molar-refractivity contribution in [1.82, 2.24) is 13.9 Å². The smallest absolute Gasteiger partial charge is 0.263 e. The van der Waals surface area contributed by atoms with E-state index in [0.717, 1.165) is 6.42 Å². The van der Waals surface area contributed by atoms with Gasteiger partial charge in [-0.25, -0.2) is 13.4 Å². The Kier molecular flexibility index (Phi) is 4.57. The predicted octanol–water partition coefficient (Wildman–Crippen LogP) is 1.74. The van der Waals surface area contributed by atoms with Crippen LogP contribution in [0.4, 0.5) is 0 Å². The molecule has 0 saturated carbocycles. The van der Waals surface area contributed by atoms with E-state index in [4.69, 9.17) is 11.6 Å². The first-order chi connectivity index (χ1) is 7.76. The van der Waals surface area contributed by atoms with Gasteiger partial charge in [0.2, 0.25) is 5.03 Å². The highest BCUT2D eigenvalue weighted by molar-refractivity contribution is 7.89. The molecule has 0 spiro atoms. The molecule has 0 atom stereocenters. The lowest BCUT2D eigenvalue weighted by Gasteiger charge is -2.16. The molecule has 0 radical (unpaired) electrons. The number of halogens is 1. The lowest BCUT2D eigenvalue weighted by Crippen LogP contribution is -2.29. The molecule has 1 rings (SSSR count). The molecular weight excluding hydrogens is 262 g/mol. The highest BCUT2D eigenvalue weighted by atomic mass is 35.5. The van der Waals surface area contributed by atoms with Crippen LogP contribution >= 0.6 is 11.6 Å². The molecule has 17 heavy (non-hydrogen) atoms. The van der Waals surface area contributed by atoms with Gasteiger partial charge in [0.05, 0.1) is 6.33 Å². The van der Waals surface area contributed by atoms with E-state index < -0.39 is 10.0 Å². The van der Waals surface area contributed by atoms with Crippen molar-refractivity contribution in [3.05, 3.63) is 11.5 Å². The average Bonchev–Trinajstić information content (AvgIpc) is 2.56. The number of hydrogen-bond donors (Lipinski definition) is 0. The second-order valence-electron chi connectivity index (χ2n) is 4.46. The fraction of sp³-hybridized carbons (Fsp3) is 0.700. The van der Waals surface area contributed by atoms with Gasteiger partial charge < -0.3 is 4.57 Å². The molecule has 0 N–H and O–H groups in total. The fourth-order valence-electron chi connectivity index (χ4n) is 1.27. The summed E-state index contributed by atoms with van der Waals surface area (Å²) in [7, 11) is -0.375. The third-order valence-electron chi connectivity index (χ3n) is 2.51. The second-order valence-corrected chi connectivity index (χ2v) is 6.78. The summed E-state index contributed by atoms with van der Waals surface area (Å²) in [5.74, 6) is 0.451. The van der Waals surface area contributed by atoms with Gasteiger partial charge in [-0.1, -0.05) is 25.4 Å². The van der Waals surface area contributed by atoms with Crippen LogP contribution in [0.5, 0.6) is 0 Å². The van der Waals surface area contributed by atoms with Crippen LogP contribution in [0.25, 0.3) is 0 Å². The molecule has 1 heterocycles. The number of sulfonamides is 1. The predicted molar refractivity (Wildman–Crippen MR) is 67.5 cm³/mol.